The number of rotatable bonds is 5. The van der Waals surface area contributed by atoms with Gasteiger partial charge in [0.15, 0.2) is 0 Å². The third-order valence-corrected chi connectivity index (χ3v) is 2.69. The van der Waals surface area contributed by atoms with Crippen molar-refractivity contribution in [3.8, 4) is 0 Å². The van der Waals surface area contributed by atoms with Crippen LogP contribution >= 0.6 is 23.2 Å². The quantitative estimate of drug-likeness (QED) is 0.460. The third kappa shape index (κ3) is 5.57. The van der Waals surface area contributed by atoms with Crippen LogP contribution in [0.3, 0.4) is 0 Å². The normalized spacial score (nSPS) is 17.1. The van der Waals surface area contributed by atoms with E-state index in [0.717, 1.165) is 19.3 Å². The molecule has 0 N–H and O–H groups in total. The Kier molecular flexibility index (Phi) is 7.20. The Morgan fingerprint density at radius 1 is 1.27 bits per heavy atom. The molecule has 0 aliphatic heterocycles. The average molecular weight is 195 g/mol. The van der Waals surface area contributed by atoms with E-state index in [2.05, 4.69) is 13.0 Å². The molecule has 0 aliphatic rings. The Hall–Kier alpha value is 0.320. The first kappa shape index (κ1) is 11.3. The van der Waals surface area contributed by atoms with E-state index >= 15 is 0 Å². The van der Waals surface area contributed by atoms with Crippen LogP contribution in [0.25, 0.3) is 0 Å². The molecule has 0 spiro atoms. The van der Waals surface area contributed by atoms with E-state index in [9.17, 15) is 0 Å². The molecular weight excluding hydrogens is 179 g/mol. The molecule has 66 valence electrons. The molecule has 0 aromatic heterocycles. The summed E-state index contributed by atoms with van der Waals surface area (Å²) in [6.45, 7) is 4.11. The minimum absolute atomic E-state index is 0.0906. The Morgan fingerprint density at radius 3 is 2.36 bits per heavy atom. The van der Waals surface area contributed by atoms with Gasteiger partial charge in [-0.3, -0.25) is 0 Å². The predicted octanol–water partition coefficient (Wildman–Crippen LogP) is 3.97. The molecule has 0 radical (unpaired) electrons. The van der Waals surface area contributed by atoms with Gasteiger partial charge in [-0.15, -0.1) is 23.2 Å². The van der Waals surface area contributed by atoms with Gasteiger partial charge >= 0.3 is 0 Å². The smallest absolute Gasteiger partial charge is 0.0534 e. The van der Waals surface area contributed by atoms with E-state index in [1.54, 1.807) is 0 Å². The van der Waals surface area contributed by atoms with Gasteiger partial charge < -0.3 is 0 Å². The summed E-state index contributed by atoms with van der Waals surface area (Å²) in [6.07, 6.45) is 7.06. The van der Waals surface area contributed by atoms with Crippen molar-refractivity contribution in [2.24, 2.45) is 0 Å². The molecule has 2 unspecified atom stereocenters. The predicted molar refractivity (Wildman–Crippen MR) is 53.6 cm³/mol. The van der Waals surface area contributed by atoms with Crippen molar-refractivity contribution in [1.82, 2.24) is 0 Å². The largest absolute Gasteiger partial charge is 0.121 e. The Morgan fingerprint density at radius 2 is 1.91 bits per heavy atom. The van der Waals surface area contributed by atoms with Crippen LogP contribution in [0.1, 0.15) is 33.1 Å². The lowest BCUT2D eigenvalue weighted by molar-refractivity contribution is 0.690. The van der Waals surface area contributed by atoms with Crippen LogP contribution in [0.5, 0.6) is 0 Å². The maximum absolute atomic E-state index is 6.01. The topological polar surface area (TPSA) is 0 Å². The van der Waals surface area contributed by atoms with Crippen LogP contribution in [-0.4, -0.2) is 10.8 Å². The van der Waals surface area contributed by atoms with Crippen molar-refractivity contribution in [3.05, 3.63) is 12.2 Å². The summed E-state index contributed by atoms with van der Waals surface area (Å²) in [4.78, 5) is 0. The fraction of sp³-hybridized carbons (Fsp3) is 0.778. The second-order valence-electron chi connectivity index (χ2n) is 2.63. The van der Waals surface area contributed by atoms with E-state index in [1.165, 1.54) is 0 Å². The highest BCUT2D eigenvalue weighted by Crippen LogP contribution is 2.18. The summed E-state index contributed by atoms with van der Waals surface area (Å²) in [5, 5.41) is 0.214. The van der Waals surface area contributed by atoms with Crippen LogP contribution in [0.4, 0.5) is 0 Å². The van der Waals surface area contributed by atoms with Crippen molar-refractivity contribution >= 4 is 23.2 Å². The molecular formula is C9H16Cl2. The van der Waals surface area contributed by atoms with Crippen LogP contribution in [0.2, 0.25) is 0 Å². The standard InChI is InChI=1S/C9H16Cl2/c1-3-5-7-9(11)8(10)6-4-2/h3,5,8-9H,4,6-7H2,1-2H3/b5-3+. The maximum Gasteiger partial charge on any atom is 0.0534 e. The molecule has 0 heterocycles. The molecule has 0 aliphatic carbocycles. The number of halogens is 2. The number of alkyl halides is 2. The number of hydrogen-bond acceptors (Lipinski definition) is 0. The summed E-state index contributed by atoms with van der Waals surface area (Å²) >= 11 is 12.0. The molecule has 0 aromatic rings. The Bertz CT molecular complexity index is 110. The second-order valence-corrected chi connectivity index (χ2v) is 3.75. The van der Waals surface area contributed by atoms with E-state index in [-0.39, 0.29) is 10.8 Å². The molecule has 0 saturated carbocycles. The van der Waals surface area contributed by atoms with Crippen LogP contribution in [0.15, 0.2) is 12.2 Å². The lowest BCUT2D eigenvalue weighted by Gasteiger charge is -2.12. The van der Waals surface area contributed by atoms with E-state index < -0.39 is 0 Å². The van der Waals surface area contributed by atoms with Crippen molar-refractivity contribution in [2.45, 2.75) is 43.9 Å². The SMILES string of the molecule is C/C=C/CC(Cl)C(Cl)CCC. The zero-order valence-electron chi connectivity index (χ0n) is 7.19. The summed E-state index contributed by atoms with van der Waals surface area (Å²) < 4.78 is 0. The molecule has 2 atom stereocenters. The first-order valence-electron chi connectivity index (χ1n) is 4.11. The fourth-order valence-electron chi connectivity index (χ4n) is 0.870. The monoisotopic (exact) mass is 194 g/mol. The molecule has 11 heavy (non-hydrogen) atoms. The Labute approximate surface area is 79.6 Å². The van der Waals surface area contributed by atoms with E-state index in [0.29, 0.717) is 0 Å². The van der Waals surface area contributed by atoms with Crippen molar-refractivity contribution in [1.29, 1.82) is 0 Å². The first-order chi connectivity index (χ1) is 5.22. The lowest BCUT2D eigenvalue weighted by atomic mass is 10.1. The van der Waals surface area contributed by atoms with Gasteiger partial charge in [0, 0.05) is 0 Å². The van der Waals surface area contributed by atoms with Crippen LogP contribution in [0, 0.1) is 0 Å². The van der Waals surface area contributed by atoms with Gasteiger partial charge in [0.2, 0.25) is 0 Å². The molecule has 2 heteroatoms. The first-order valence-corrected chi connectivity index (χ1v) is 4.99. The molecule has 0 aromatic carbocycles. The van der Waals surface area contributed by atoms with E-state index in [4.69, 9.17) is 23.2 Å². The molecule has 0 nitrogen and oxygen atoms in total. The summed E-state index contributed by atoms with van der Waals surface area (Å²) in [5.74, 6) is 0. The molecule has 0 amide bonds. The third-order valence-electron chi connectivity index (χ3n) is 1.55. The number of hydrogen-bond donors (Lipinski definition) is 0. The highest BCUT2D eigenvalue weighted by Gasteiger charge is 2.13. The van der Waals surface area contributed by atoms with Crippen LogP contribution < -0.4 is 0 Å². The van der Waals surface area contributed by atoms with Gasteiger partial charge in [-0.25, -0.2) is 0 Å². The average Bonchev–Trinajstić information content (AvgIpc) is 2.00. The fourth-order valence-corrected chi connectivity index (χ4v) is 1.42. The molecule has 0 fully saturated rings. The van der Waals surface area contributed by atoms with Gasteiger partial charge in [-0.1, -0.05) is 25.5 Å². The minimum atomic E-state index is 0.0906. The summed E-state index contributed by atoms with van der Waals surface area (Å²) in [7, 11) is 0. The number of allylic oxidation sites excluding steroid dienone is 2. The van der Waals surface area contributed by atoms with Crippen molar-refractivity contribution in [3.63, 3.8) is 0 Å². The maximum atomic E-state index is 6.01. The lowest BCUT2D eigenvalue weighted by Crippen LogP contribution is -2.13. The van der Waals surface area contributed by atoms with Gasteiger partial charge in [0.25, 0.3) is 0 Å². The van der Waals surface area contributed by atoms with Gasteiger partial charge in [0.1, 0.15) is 0 Å². The molecule has 0 bridgehead atoms. The van der Waals surface area contributed by atoms with Gasteiger partial charge in [-0.05, 0) is 19.8 Å². The van der Waals surface area contributed by atoms with Crippen molar-refractivity contribution in [2.75, 3.05) is 0 Å². The highest BCUT2D eigenvalue weighted by atomic mass is 35.5. The van der Waals surface area contributed by atoms with Gasteiger partial charge in [0.05, 0.1) is 10.8 Å². The molecule has 0 rings (SSSR count). The molecule has 0 saturated heterocycles. The zero-order valence-corrected chi connectivity index (χ0v) is 8.70. The van der Waals surface area contributed by atoms with E-state index in [1.807, 2.05) is 13.0 Å². The van der Waals surface area contributed by atoms with Crippen LogP contribution in [-0.2, 0) is 0 Å². The minimum Gasteiger partial charge on any atom is -0.121 e. The summed E-state index contributed by atoms with van der Waals surface area (Å²) in [5.41, 5.74) is 0. The second kappa shape index (κ2) is 7.00. The van der Waals surface area contributed by atoms with Gasteiger partial charge in [-0.2, -0.15) is 0 Å². The zero-order chi connectivity index (χ0) is 8.69. The Balaban J connectivity index is 3.54. The highest BCUT2D eigenvalue weighted by molar-refractivity contribution is 6.30. The summed E-state index contributed by atoms with van der Waals surface area (Å²) in [6, 6.07) is 0. The van der Waals surface area contributed by atoms with Crippen molar-refractivity contribution < 1.29 is 0 Å².